The standard InChI is InChI=1S/C14H23NO2SSi/c1-4-13(18-10-12(15)14(16)17)19(2,3)11-8-6-5-7-9-11/h5-9,12-13H,4,10,15H2,1-3H3,(H,16,17)/t12-,13?/m0/s1. The molecule has 0 aliphatic rings. The van der Waals surface area contributed by atoms with Crippen molar-refractivity contribution in [2.24, 2.45) is 5.73 Å². The van der Waals surface area contributed by atoms with Gasteiger partial charge in [-0.3, -0.25) is 4.79 Å². The van der Waals surface area contributed by atoms with E-state index in [1.54, 1.807) is 11.8 Å². The van der Waals surface area contributed by atoms with E-state index in [1.807, 2.05) is 6.07 Å². The molecule has 0 saturated carbocycles. The van der Waals surface area contributed by atoms with Crippen LogP contribution in [0.25, 0.3) is 0 Å². The predicted octanol–water partition coefficient (Wildman–Crippen LogP) is 2.06. The van der Waals surface area contributed by atoms with Crippen LogP contribution in [0.2, 0.25) is 13.1 Å². The molecular formula is C14H23NO2SSi. The zero-order chi connectivity index (χ0) is 14.5. The molecule has 3 nitrogen and oxygen atoms in total. The molecule has 0 aromatic heterocycles. The molecule has 0 fully saturated rings. The summed E-state index contributed by atoms with van der Waals surface area (Å²) in [5, 5.41) is 10.3. The number of hydrogen-bond donors (Lipinski definition) is 2. The lowest BCUT2D eigenvalue weighted by Crippen LogP contribution is -2.51. The SMILES string of the molecule is CCC(SC[C@H](N)C(=O)O)[Si](C)(C)c1ccccc1. The number of benzene rings is 1. The van der Waals surface area contributed by atoms with E-state index >= 15 is 0 Å². The Hall–Kier alpha value is -0.783. The van der Waals surface area contributed by atoms with Gasteiger partial charge < -0.3 is 10.8 Å². The fourth-order valence-corrected chi connectivity index (χ4v) is 7.81. The van der Waals surface area contributed by atoms with Crippen LogP contribution in [0.5, 0.6) is 0 Å². The van der Waals surface area contributed by atoms with Gasteiger partial charge in [0.05, 0.1) is 8.07 Å². The van der Waals surface area contributed by atoms with Crippen LogP contribution in [0.15, 0.2) is 30.3 Å². The number of aliphatic carboxylic acids is 1. The fourth-order valence-electron chi connectivity index (χ4n) is 2.18. The third-order valence-corrected chi connectivity index (χ3v) is 10.9. The number of thioether (sulfide) groups is 1. The van der Waals surface area contributed by atoms with Crippen LogP contribution in [-0.4, -0.2) is 35.8 Å². The first-order chi connectivity index (χ1) is 8.89. The molecule has 0 radical (unpaired) electrons. The van der Waals surface area contributed by atoms with E-state index in [2.05, 4.69) is 44.3 Å². The van der Waals surface area contributed by atoms with Gasteiger partial charge in [0.15, 0.2) is 0 Å². The van der Waals surface area contributed by atoms with Gasteiger partial charge in [0.25, 0.3) is 0 Å². The molecule has 0 amide bonds. The second-order valence-corrected chi connectivity index (χ2v) is 11.6. The number of carboxylic acids is 1. The average molecular weight is 297 g/mol. The highest BCUT2D eigenvalue weighted by molar-refractivity contribution is 8.01. The van der Waals surface area contributed by atoms with E-state index < -0.39 is 20.1 Å². The lowest BCUT2D eigenvalue weighted by molar-refractivity contribution is -0.137. The van der Waals surface area contributed by atoms with Crippen molar-refractivity contribution in [1.82, 2.24) is 0 Å². The Morgan fingerprint density at radius 1 is 1.37 bits per heavy atom. The molecule has 0 bridgehead atoms. The first-order valence-electron chi connectivity index (χ1n) is 6.55. The van der Waals surface area contributed by atoms with Crippen LogP contribution in [0, 0.1) is 0 Å². The molecule has 1 aromatic carbocycles. The summed E-state index contributed by atoms with van der Waals surface area (Å²) in [7, 11) is -1.60. The van der Waals surface area contributed by atoms with E-state index in [4.69, 9.17) is 10.8 Å². The lowest BCUT2D eigenvalue weighted by Gasteiger charge is -2.32. The normalized spacial score (nSPS) is 14.9. The first-order valence-corrected chi connectivity index (χ1v) is 10.7. The molecule has 0 spiro atoms. The molecule has 0 aliphatic carbocycles. The van der Waals surface area contributed by atoms with Gasteiger partial charge >= 0.3 is 5.97 Å². The maximum Gasteiger partial charge on any atom is 0.321 e. The number of nitrogens with two attached hydrogens (primary N) is 1. The summed E-state index contributed by atoms with van der Waals surface area (Å²) in [6.45, 7) is 6.85. The van der Waals surface area contributed by atoms with E-state index in [0.29, 0.717) is 10.6 Å². The molecule has 1 rings (SSSR count). The third kappa shape index (κ3) is 4.37. The Labute approximate surface area is 120 Å². The molecule has 0 saturated heterocycles. The van der Waals surface area contributed by atoms with Crippen LogP contribution in [0.3, 0.4) is 0 Å². The van der Waals surface area contributed by atoms with Gasteiger partial charge in [-0.05, 0) is 6.42 Å². The van der Waals surface area contributed by atoms with Crippen molar-refractivity contribution in [2.75, 3.05) is 5.75 Å². The Balaban J connectivity index is 2.76. The monoisotopic (exact) mass is 297 g/mol. The second-order valence-electron chi connectivity index (χ2n) is 5.26. The van der Waals surface area contributed by atoms with Crippen molar-refractivity contribution >= 4 is 31.0 Å². The molecule has 5 heteroatoms. The summed E-state index contributed by atoms with van der Waals surface area (Å²) in [4.78, 5) is 11.3. The maximum atomic E-state index is 10.8. The van der Waals surface area contributed by atoms with Crippen molar-refractivity contribution in [2.45, 2.75) is 37.4 Å². The highest BCUT2D eigenvalue weighted by atomic mass is 32.2. The summed E-state index contributed by atoms with van der Waals surface area (Å²) < 4.78 is 0. The van der Waals surface area contributed by atoms with E-state index in [0.717, 1.165) is 6.42 Å². The lowest BCUT2D eigenvalue weighted by atomic mass is 10.4. The van der Waals surface area contributed by atoms with Gasteiger partial charge in [-0.2, -0.15) is 11.8 Å². The fraction of sp³-hybridized carbons (Fsp3) is 0.500. The van der Waals surface area contributed by atoms with Crippen molar-refractivity contribution in [3.05, 3.63) is 30.3 Å². The zero-order valence-corrected chi connectivity index (χ0v) is 13.6. The predicted molar refractivity (Wildman–Crippen MR) is 85.7 cm³/mol. The highest BCUT2D eigenvalue weighted by Crippen LogP contribution is 2.25. The molecule has 1 unspecified atom stereocenters. The Bertz CT molecular complexity index is 411. The Morgan fingerprint density at radius 2 is 1.95 bits per heavy atom. The molecule has 19 heavy (non-hydrogen) atoms. The van der Waals surface area contributed by atoms with Crippen LogP contribution in [0.1, 0.15) is 13.3 Å². The number of carboxylic acid groups (broad SMARTS) is 1. The molecule has 106 valence electrons. The van der Waals surface area contributed by atoms with Crippen LogP contribution in [0.4, 0.5) is 0 Å². The van der Waals surface area contributed by atoms with Gasteiger partial charge in [-0.15, -0.1) is 0 Å². The molecule has 1 aromatic rings. The van der Waals surface area contributed by atoms with Crippen molar-refractivity contribution in [3.63, 3.8) is 0 Å². The van der Waals surface area contributed by atoms with E-state index in [-0.39, 0.29) is 0 Å². The molecular weight excluding hydrogens is 274 g/mol. The smallest absolute Gasteiger partial charge is 0.321 e. The minimum Gasteiger partial charge on any atom is -0.480 e. The third-order valence-electron chi connectivity index (χ3n) is 3.49. The van der Waals surface area contributed by atoms with Crippen LogP contribution in [-0.2, 0) is 4.79 Å². The zero-order valence-electron chi connectivity index (χ0n) is 11.8. The first kappa shape index (κ1) is 16.3. The average Bonchev–Trinajstić information content (AvgIpc) is 2.39. The van der Waals surface area contributed by atoms with Crippen LogP contribution >= 0.6 is 11.8 Å². The van der Waals surface area contributed by atoms with Gasteiger partial charge in [-0.1, -0.05) is 55.5 Å². The second kappa shape index (κ2) is 7.12. The van der Waals surface area contributed by atoms with Gasteiger partial charge in [-0.25, -0.2) is 0 Å². The maximum absolute atomic E-state index is 10.8. The molecule has 2 atom stereocenters. The summed E-state index contributed by atoms with van der Waals surface area (Å²) in [5.74, 6) is -0.432. The quantitative estimate of drug-likeness (QED) is 0.756. The van der Waals surface area contributed by atoms with Crippen molar-refractivity contribution < 1.29 is 9.90 Å². The Morgan fingerprint density at radius 3 is 2.42 bits per heavy atom. The van der Waals surface area contributed by atoms with Crippen molar-refractivity contribution in [3.8, 4) is 0 Å². The summed E-state index contributed by atoms with van der Waals surface area (Å²) in [5.41, 5.74) is 5.60. The van der Waals surface area contributed by atoms with E-state index in [9.17, 15) is 4.79 Å². The minimum atomic E-state index is -1.60. The van der Waals surface area contributed by atoms with Gasteiger partial charge in [0, 0.05) is 10.6 Å². The number of rotatable bonds is 7. The summed E-state index contributed by atoms with van der Waals surface area (Å²) in [6.07, 6.45) is 1.05. The minimum absolute atomic E-state index is 0.483. The molecule has 3 N–H and O–H groups in total. The van der Waals surface area contributed by atoms with Crippen molar-refractivity contribution in [1.29, 1.82) is 0 Å². The topological polar surface area (TPSA) is 63.3 Å². The Kier molecular flexibility index (Phi) is 6.10. The van der Waals surface area contributed by atoms with Crippen LogP contribution < -0.4 is 10.9 Å². The van der Waals surface area contributed by atoms with Gasteiger partial charge in [0.2, 0.25) is 0 Å². The van der Waals surface area contributed by atoms with Gasteiger partial charge in [0.1, 0.15) is 6.04 Å². The molecule has 0 heterocycles. The largest absolute Gasteiger partial charge is 0.480 e. The summed E-state index contributed by atoms with van der Waals surface area (Å²) >= 11 is 1.72. The highest BCUT2D eigenvalue weighted by Gasteiger charge is 2.33. The number of hydrogen-bond acceptors (Lipinski definition) is 3. The molecule has 0 aliphatic heterocycles. The van der Waals surface area contributed by atoms with E-state index in [1.165, 1.54) is 5.19 Å². The summed E-state index contributed by atoms with van der Waals surface area (Å²) in [6, 6.07) is 9.79. The number of carbonyl (C=O) groups is 1.